The summed E-state index contributed by atoms with van der Waals surface area (Å²) in [4.78, 5) is 6.82. The lowest BCUT2D eigenvalue weighted by atomic mass is 9.95. The third-order valence-electron chi connectivity index (χ3n) is 5.16. The summed E-state index contributed by atoms with van der Waals surface area (Å²) in [5.41, 5.74) is 3.72. The summed E-state index contributed by atoms with van der Waals surface area (Å²) in [5.74, 6) is 0. The Morgan fingerprint density at radius 2 is 2.00 bits per heavy atom. The van der Waals surface area contributed by atoms with Crippen molar-refractivity contribution in [2.24, 2.45) is 0 Å². The minimum absolute atomic E-state index is 0.666. The van der Waals surface area contributed by atoms with Gasteiger partial charge in [0.1, 0.15) is 0 Å². The number of nitrogens with zero attached hydrogens (tertiary/aromatic N) is 5. The molecular formula is C19H31N5. The molecule has 1 fully saturated rings. The second-order valence-electron chi connectivity index (χ2n) is 7.33. The predicted octanol–water partition coefficient (Wildman–Crippen LogP) is 3.72. The summed E-state index contributed by atoms with van der Waals surface area (Å²) >= 11 is 0. The summed E-state index contributed by atoms with van der Waals surface area (Å²) in [6.07, 6.45) is 11.9. The van der Waals surface area contributed by atoms with E-state index in [1.807, 2.05) is 12.5 Å². The number of hydrogen-bond acceptors (Lipinski definition) is 3. The van der Waals surface area contributed by atoms with E-state index in [2.05, 4.69) is 51.2 Å². The molecule has 0 bridgehead atoms. The molecule has 0 unspecified atom stereocenters. The number of aromatic nitrogens is 4. The fourth-order valence-corrected chi connectivity index (χ4v) is 3.89. The van der Waals surface area contributed by atoms with Crippen molar-refractivity contribution in [1.82, 2.24) is 24.2 Å². The van der Waals surface area contributed by atoms with Crippen molar-refractivity contribution in [3.63, 3.8) is 0 Å². The summed E-state index contributed by atoms with van der Waals surface area (Å²) < 4.78 is 4.55. The van der Waals surface area contributed by atoms with Gasteiger partial charge in [0.05, 0.1) is 17.7 Å². The van der Waals surface area contributed by atoms with Crippen LogP contribution in [0.2, 0.25) is 0 Å². The van der Waals surface area contributed by atoms with Crippen LogP contribution in [0.25, 0.3) is 0 Å². The van der Waals surface area contributed by atoms with Gasteiger partial charge in [-0.3, -0.25) is 4.68 Å². The van der Waals surface area contributed by atoms with Gasteiger partial charge in [-0.2, -0.15) is 5.10 Å². The molecule has 2 heterocycles. The van der Waals surface area contributed by atoms with Gasteiger partial charge in [-0.15, -0.1) is 0 Å². The van der Waals surface area contributed by atoms with E-state index < -0.39 is 0 Å². The molecular weight excluding hydrogens is 298 g/mol. The van der Waals surface area contributed by atoms with Crippen LogP contribution < -0.4 is 0 Å². The van der Waals surface area contributed by atoms with Crippen molar-refractivity contribution >= 4 is 0 Å². The van der Waals surface area contributed by atoms with Crippen molar-refractivity contribution in [2.75, 3.05) is 13.6 Å². The predicted molar refractivity (Wildman–Crippen MR) is 97.0 cm³/mol. The van der Waals surface area contributed by atoms with Crippen LogP contribution in [0.1, 0.15) is 61.6 Å². The molecule has 0 aromatic carbocycles. The molecule has 24 heavy (non-hydrogen) atoms. The van der Waals surface area contributed by atoms with Gasteiger partial charge in [0.2, 0.25) is 0 Å². The Balaban J connectivity index is 1.49. The van der Waals surface area contributed by atoms with Gasteiger partial charge in [-0.1, -0.05) is 19.3 Å². The molecule has 0 radical (unpaired) electrons. The molecule has 1 aliphatic rings. The number of rotatable bonds is 7. The van der Waals surface area contributed by atoms with Crippen LogP contribution in [0, 0.1) is 13.8 Å². The highest BCUT2D eigenvalue weighted by Crippen LogP contribution is 2.29. The van der Waals surface area contributed by atoms with Gasteiger partial charge in [-0.05, 0) is 46.2 Å². The normalized spacial score (nSPS) is 16.2. The molecule has 0 amide bonds. The average Bonchev–Trinajstić information content (AvgIpc) is 3.14. The van der Waals surface area contributed by atoms with E-state index in [4.69, 9.17) is 0 Å². The molecule has 0 aliphatic heterocycles. The average molecular weight is 329 g/mol. The monoisotopic (exact) mass is 329 g/mol. The van der Waals surface area contributed by atoms with Crippen LogP contribution in [0.4, 0.5) is 0 Å². The third kappa shape index (κ3) is 4.26. The maximum absolute atomic E-state index is 4.54. The van der Waals surface area contributed by atoms with Gasteiger partial charge >= 0.3 is 0 Å². The summed E-state index contributed by atoms with van der Waals surface area (Å²) in [6.45, 7) is 7.24. The first kappa shape index (κ1) is 17.2. The van der Waals surface area contributed by atoms with Gasteiger partial charge in [0, 0.05) is 37.6 Å². The van der Waals surface area contributed by atoms with Crippen molar-refractivity contribution in [3.05, 3.63) is 35.7 Å². The van der Waals surface area contributed by atoms with Crippen molar-refractivity contribution < 1.29 is 0 Å². The first-order valence-electron chi connectivity index (χ1n) is 9.34. The Hall–Kier alpha value is -1.62. The molecule has 5 heteroatoms. The van der Waals surface area contributed by atoms with Crippen LogP contribution in [-0.2, 0) is 13.1 Å². The molecule has 2 aromatic heterocycles. The standard InChI is InChI=1S/C19H31N5/c1-16-12-17(2)24(21-16)11-7-10-22(3)14-19-13-20-15-23(19)18-8-5-4-6-9-18/h12-13,15,18H,4-11,14H2,1-3H3. The van der Waals surface area contributed by atoms with Crippen LogP contribution in [0.15, 0.2) is 18.6 Å². The largest absolute Gasteiger partial charge is 0.330 e. The number of imidazole rings is 1. The lowest BCUT2D eigenvalue weighted by Crippen LogP contribution is -2.24. The molecule has 1 saturated carbocycles. The maximum atomic E-state index is 4.54. The zero-order chi connectivity index (χ0) is 16.9. The van der Waals surface area contributed by atoms with Gasteiger partial charge in [0.15, 0.2) is 0 Å². The fourth-order valence-electron chi connectivity index (χ4n) is 3.89. The molecule has 0 N–H and O–H groups in total. The van der Waals surface area contributed by atoms with E-state index in [9.17, 15) is 0 Å². The fraction of sp³-hybridized carbons (Fsp3) is 0.684. The first-order valence-corrected chi connectivity index (χ1v) is 9.34. The molecule has 132 valence electrons. The highest BCUT2D eigenvalue weighted by molar-refractivity contribution is 5.06. The SMILES string of the molecule is Cc1cc(C)n(CCCN(C)Cc2cncn2C2CCCCC2)n1. The summed E-state index contributed by atoms with van der Waals surface area (Å²) in [7, 11) is 2.21. The molecule has 0 atom stereocenters. The third-order valence-corrected chi connectivity index (χ3v) is 5.16. The van der Waals surface area contributed by atoms with Gasteiger partial charge in [-0.25, -0.2) is 4.98 Å². The van der Waals surface area contributed by atoms with E-state index in [0.717, 1.165) is 31.7 Å². The number of hydrogen-bond donors (Lipinski definition) is 0. The van der Waals surface area contributed by atoms with Crippen LogP contribution in [0.5, 0.6) is 0 Å². The van der Waals surface area contributed by atoms with E-state index in [1.165, 1.54) is 43.5 Å². The van der Waals surface area contributed by atoms with Gasteiger partial charge in [0.25, 0.3) is 0 Å². The number of aryl methyl sites for hydroxylation is 3. The van der Waals surface area contributed by atoms with Crippen molar-refractivity contribution in [1.29, 1.82) is 0 Å². The minimum atomic E-state index is 0.666. The van der Waals surface area contributed by atoms with Crippen LogP contribution >= 0.6 is 0 Å². The van der Waals surface area contributed by atoms with Gasteiger partial charge < -0.3 is 9.47 Å². The summed E-state index contributed by atoms with van der Waals surface area (Å²) in [5, 5.41) is 4.54. The quantitative estimate of drug-likeness (QED) is 0.777. The second kappa shape index (κ2) is 7.97. The molecule has 0 saturated heterocycles. The molecule has 2 aromatic rings. The Morgan fingerprint density at radius 3 is 2.71 bits per heavy atom. The smallest absolute Gasteiger partial charge is 0.0951 e. The molecule has 5 nitrogen and oxygen atoms in total. The molecule has 3 rings (SSSR count). The van der Waals surface area contributed by atoms with E-state index in [1.54, 1.807) is 0 Å². The first-order chi connectivity index (χ1) is 11.6. The Labute approximate surface area is 145 Å². The lowest BCUT2D eigenvalue weighted by molar-refractivity contribution is 0.287. The van der Waals surface area contributed by atoms with E-state index in [-0.39, 0.29) is 0 Å². The lowest BCUT2D eigenvalue weighted by Gasteiger charge is -2.26. The molecule has 0 spiro atoms. The highest BCUT2D eigenvalue weighted by atomic mass is 15.3. The van der Waals surface area contributed by atoms with Crippen molar-refractivity contribution in [3.8, 4) is 0 Å². The minimum Gasteiger partial charge on any atom is -0.330 e. The van der Waals surface area contributed by atoms with E-state index >= 15 is 0 Å². The second-order valence-corrected chi connectivity index (χ2v) is 7.33. The topological polar surface area (TPSA) is 38.9 Å². The van der Waals surface area contributed by atoms with E-state index in [0.29, 0.717) is 6.04 Å². The van der Waals surface area contributed by atoms with Crippen molar-refractivity contribution in [2.45, 2.75) is 71.5 Å². The zero-order valence-corrected chi connectivity index (χ0v) is 15.4. The Morgan fingerprint density at radius 1 is 1.21 bits per heavy atom. The Bertz CT molecular complexity index is 636. The highest BCUT2D eigenvalue weighted by Gasteiger charge is 2.18. The molecule has 1 aliphatic carbocycles. The van der Waals surface area contributed by atoms with Crippen LogP contribution in [0.3, 0.4) is 0 Å². The Kier molecular flexibility index (Phi) is 5.72. The maximum Gasteiger partial charge on any atom is 0.0951 e. The van der Waals surface area contributed by atoms with Crippen LogP contribution in [-0.4, -0.2) is 37.8 Å². The summed E-state index contributed by atoms with van der Waals surface area (Å²) in [6, 6.07) is 2.81. The zero-order valence-electron chi connectivity index (χ0n) is 15.4.